The number of ether oxygens (including phenoxy) is 3. The van der Waals surface area contributed by atoms with E-state index in [4.69, 9.17) is 19.0 Å². The molecule has 0 aliphatic carbocycles. The molecular weight excluding hydrogens is 496 g/mol. The molecule has 3 atom stereocenters. The number of nitrogens with zero attached hydrogens (tertiary/aromatic N) is 2. The van der Waals surface area contributed by atoms with Crippen molar-refractivity contribution in [2.24, 2.45) is 5.92 Å². The van der Waals surface area contributed by atoms with Gasteiger partial charge in [0, 0.05) is 0 Å². The number of imide groups is 1. The Morgan fingerprint density at radius 1 is 0.769 bits per heavy atom. The second-order valence-corrected chi connectivity index (χ2v) is 9.44. The smallest absolute Gasteiger partial charge is 0.266 e. The van der Waals surface area contributed by atoms with Gasteiger partial charge in [-0.2, -0.15) is 0 Å². The molecule has 2 aliphatic rings. The second-order valence-electron chi connectivity index (χ2n) is 9.44. The Morgan fingerprint density at radius 2 is 1.51 bits per heavy atom. The van der Waals surface area contributed by atoms with E-state index < -0.39 is 18.1 Å². The minimum Gasteiger partial charge on any atom is -0.494 e. The van der Waals surface area contributed by atoms with E-state index in [1.807, 2.05) is 62.4 Å². The number of para-hydroxylation sites is 1. The number of rotatable bonds is 11. The Bertz CT molecular complexity index is 1300. The maximum Gasteiger partial charge on any atom is 0.266 e. The number of benzene rings is 3. The molecule has 0 spiro atoms. The van der Waals surface area contributed by atoms with Gasteiger partial charge in [-0.05, 0) is 74.4 Å². The van der Waals surface area contributed by atoms with Crippen molar-refractivity contribution in [1.29, 1.82) is 0 Å². The summed E-state index contributed by atoms with van der Waals surface area (Å²) in [5, 5.41) is 1.68. The second kappa shape index (κ2) is 11.8. The van der Waals surface area contributed by atoms with Gasteiger partial charge >= 0.3 is 0 Å². The van der Waals surface area contributed by atoms with Gasteiger partial charge in [0.1, 0.15) is 11.7 Å². The lowest BCUT2D eigenvalue weighted by atomic mass is 9.90. The quantitative estimate of drug-likeness (QED) is 0.232. The number of fused-ring (bicyclic) bond motifs is 1. The van der Waals surface area contributed by atoms with Crippen molar-refractivity contribution in [3.05, 3.63) is 78.4 Å². The number of carbonyl (C=O) groups is 2. The molecule has 0 N–H and O–H groups in total. The van der Waals surface area contributed by atoms with E-state index in [0.717, 1.165) is 24.1 Å². The number of carbonyl (C=O) groups excluding carboxylic acids is 2. The molecule has 3 aromatic rings. The van der Waals surface area contributed by atoms with Crippen LogP contribution in [0.2, 0.25) is 0 Å². The van der Waals surface area contributed by atoms with Gasteiger partial charge in [-0.1, -0.05) is 37.6 Å². The van der Waals surface area contributed by atoms with Crippen molar-refractivity contribution in [2.75, 3.05) is 29.8 Å². The zero-order chi connectivity index (χ0) is 27.4. The van der Waals surface area contributed by atoms with E-state index in [0.29, 0.717) is 42.8 Å². The fourth-order valence-corrected chi connectivity index (χ4v) is 5.09. The maximum atomic E-state index is 13.9. The van der Waals surface area contributed by atoms with Crippen LogP contribution >= 0.6 is 0 Å². The monoisotopic (exact) mass is 530 g/mol. The van der Waals surface area contributed by atoms with Gasteiger partial charge in [0.25, 0.3) is 5.91 Å². The zero-order valence-corrected chi connectivity index (χ0v) is 22.5. The molecule has 8 heteroatoms. The summed E-state index contributed by atoms with van der Waals surface area (Å²) in [6, 6.07) is 21.6. The average molecular weight is 531 g/mol. The van der Waals surface area contributed by atoms with Crippen molar-refractivity contribution in [3.63, 3.8) is 0 Å². The fourth-order valence-electron chi connectivity index (χ4n) is 5.09. The van der Waals surface area contributed by atoms with Gasteiger partial charge in [0.15, 0.2) is 17.6 Å². The van der Waals surface area contributed by atoms with Crippen LogP contribution in [0.1, 0.15) is 45.2 Å². The first-order valence-corrected chi connectivity index (χ1v) is 13.6. The van der Waals surface area contributed by atoms with Crippen molar-refractivity contribution < 1.29 is 28.6 Å². The van der Waals surface area contributed by atoms with Gasteiger partial charge < -0.3 is 14.2 Å². The van der Waals surface area contributed by atoms with Gasteiger partial charge in [0.2, 0.25) is 5.91 Å². The molecule has 2 fully saturated rings. The number of unbranched alkanes of at least 4 members (excludes halogenated alkanes) is 1. The first-order valence-electron chi connectivity index (χ1n) is 13.6. The normalized spacial score (nSPS) is 20.3. The number of hydrogen-bond donors (Lipinski definition) is 0. The van der Waals surface area contributed by atoms with Gasteiger partial charge in [0.05, 0.1) is 37.2 Å². The van der Waals surface area contributed by atoms with Crippen molar-refractivity contribution in [1.82, 2.24) is 0 Å². The van der Waals surface area contributed by atoms with E-state index in [-0.39, 0.29) is 11.8 Å². The predicted molar refractivity (Wildman–Crippen MR) is 148 cm³/mol. The zero-order valence-electron chi connectivity index (χ0n) is 22.5. The number of hydrogen-bond acceptors (Lipinski definition) is 7. The van der Waals surface area contributed by atoms with E-state index in [2.05, 4.69) is 6.92 Å². The molecule has 2 aliphatic heterocycles. The third kappa shape index (κ3) is 5.16. The largest absolute Gasteiger partial charge is 0.494 e. The highest BCUT2D eigenvalue weighted by atomic mass is 16.7. The summed E-state index contributed by atoms with van der Waals surface area (Å²) in [4.78, 5) is 35.0. The highest BCUT2D eigenvalue weighted by Crippen LogP contribution is 2.48. The van der Waals surface area contributed by atoms with E-state index in [1.54, 1.807) is 29.3 Å². The van der Waals surface area contributed by atoms with Crippen molar-refractivity contribution in [2.45, 2.75) is 45.8 Å². The molecular formula is C31H34N2O6. The summed E-state index contributed by atoms with van der Waals surface area (Å²) in [5.74, 6) is 0.490. The van der Waals surface area contributed by atoms with Crippen LogP contribution in [0.25, 0.3) is 0 Å². The summed E-state index contributed by atoms with van der Waals surface area (Å²) < 4.78 is 17.4. The lowest BCUT2D eigenvalue weighted by molar-refractivity contribution is -0.126. The number of anilines is 2. The molecule has 204 valence electrons. The van der Waals surface area contributed by atoms with E-state index in [1.165, 1.54) is 4.90 Å². The number of hydroxylamine groups is 1. The van der Waals surface area contributed by atoms with E-state index >= 15 is 0 Å². The highest BCUT2D eigenvalue weighted by molar-refractivity contribution is 6.23. The Hall–Kier alpha value is -4.04. The maximum absolute atomic E-state index is 13.9. The Kier molecular flexibility index (Phi) is 8.02. The molecule has 8 nitrogen and oxygen atoms in total. The SMILES string of the molecule is CCCCOc1ccc([C@H]2[C@H]3C(=O)N(c4ccc(OCC)cc4)C(=O)[C@@H]3ON2c2ccccc2)cc1OCC. The summed E-state index contributed by atoms with van der Waals surface area (Å²) in [6.45, 7) is 7.52. The predicted octanol–water partition coefficient (Wildman–Crippen LogP) is 5.71. The molecule has 2 amide bonds. The molecule has 5 rings (SSSR count). The molecule has 0 unspecified atom stereocenters. The summed E-state index contributed by atoms with van der Waals surface area (Å²) in [6.07, 6.45) is 1.01. The van der Waals surface area contributed by atoms with Crippen LogP contribution in [0.15, 0.2) is 72.8 Å². The molecule has 3 aromatic carbocycles. The van der Waals surface area contributed by atoms with Crippen molar-refractivity contribution in [3.8, 4) is 17.2 Å². The van der Waals surface area contributed by atoms with Crippen molar-refractivity contribution >= 4 is 23.2 Å². The summed E-state index contributed by atoms with van der Waals surface area (Å²) >= 11 is 0. The van der Waals surface area contributed by atoms with Crippen LogP contribution in [-0.2, 0) is 14.4 Å². The Morgan fingerprint density at radius 3 is 2.21 bits per heavy atom. The Labute approximate surface area is 229 Å². The third-order valence-corrected chi connectivity index (χ3v) is 6.90. The first kappa shape index (κ1) is 26.6. The molecule has 0 aromatic heterocycles. The van der Waals surface area contributed by atoms with Crippen LogP contribution in [0.5, 0.6) is 17.2 Å². The molecule has 39 heavy (non-hydrogen) atoms. The molecule has 0 radical (unpaired) electrons. The lowest BCUT2D eigenvalue weighted by Gasteiger charge is -2.29. The molecule has 0 saturated carbocycles. The van der Waals surface area contributed by atoms with E-state index in [9.17, 15) is 9.59 Å². The number of amides is 2. The standard InChI is InChI=1S/C31H34N2O6/c1-4-7-19-38-25-18-13-21(20-26(25)37-6-3)28-27-29(39-33(28)23-11-9-8-10-12-23)31(35)32(30(27)34)22-14-16-24(17-15-22)36-5-2/h8-18,20,27-29H,4-7,19H2,1-3H3/t27-,28+,29-/m1/s1. The minimum atomic E-state index is -0.953. The Balaban J connectivity index is 1.52. The molecule has 2 heterocycles. The average Bonchev–Trinajstić information content (AvgIpc) is 3.46. The molecule has 2 saturated heterocycles. The fraction of sp³-hybridized carbons (Fsp3) is 0.355. The first-order chi connectivity index (χ1) is 19.1. The van der Waals surface area contributed by atoms with Crippen LogP contribution in [0, 0.1) is 5.92 Å². The van der Waals surface area contributed by atoms with Gasteiger partial charge in [-0.15, -0.1) is 0 Å². The minimum absolute atomic E-state index is 0.307. The van der Waals surface area contributed by atoms with Crippen LogP contribution in [0.3, 0.4) is 0 Å². The summed E-state index contributed by atoms with van der Waals surface area (Å²) in [5.41, 5.74) is 2.05. The topological polar surface area (TPSA) is 77.5 Å². The third-order valence-electron chi connectivity index (χ3n) is 6.90. The lowest BCUT2D eigenvalue weighted by Crippen LogP contribution is -2.37. The van der Waals surface area contributed by atoms with Crippen LogP contribution in [0.4, 0.5) is 11.4 Å². The summed E-state index contributed by atoms with van der Waals surface area (Å²) in [7, 11) is 0. The van der Waals surface area contributed by atoms with Gasteiger partial charge in [-0.3, -0.25) is 14.4 Å². The highest BCUT2D eigenvalue weighted by Gasteiger charge is 2.60. The van der Waals surface area contributed by atoms with Gasteiger partial charge in [-0.25, -0.2) is 9.96 Å². The van der Waals surface area contributed by atoms with Crippen LogP contribution in [-0.4, -0.2) is 37.7 Å². The molecule has 0 bridgehead atoms. The van der Waals surface area contributed by atoms with Crippen LogP contribution < -0.4 is 24.2 Å².